The number of nitrogens with one attached hydrogen (secondary N) is 2. The van der Waals surface area contributed by atoms with Crippen molar-refractivity contribution in [3.8, 4) is 10.4 Å². The van der Waals surface area contributed by atoms with Gasteiger partial charge >= 0.3 is 6.09 Å². The molecule has 1 aromatic carbocycles. The second kappa shape index (κ2) is 16.3. The van der Waals surface area contributed by atoms with Crippen LogP contribution in [0.15, 0.2) is 29.8 Å². The van der Waals surface area contributed by atoms with Crippen LogP contribution in [-0.4, -0.2) is 111 Å². The van der Waals surface area contributed by atoms with Crippen LogP contribution in [0.1, 0.15) is 78.5 Å². The van der Waals surface area contributed by atoms with Crippen molar-refractivity contribution in [2.24, 2.45) is 5.41 Å². The standard InChI is InChI=1S/C36H52N6O7S/c1-23-30(50-22-38-23)25-13-11-24(12-14-25)20-37-32(46)27-19-26(43)21-42(27)33(47)31(35(2,3)4)39-28(44)9-8-10-29(45)40-15-17-41(18-16-40)34(48)49-36(5,6)7/h11-14,22,26-27,31,43H,8-10,15-21H2,1-7H3,(H,37,46)(H,39,44)/t26-,27+,31-/m1/s1. The predicted octanol–water partition coefficient (Wildman–Crippen LogP) is 3.48. The summed E-state index contributed by atoms with van der Waals surface area (Å²) in [6.45, 7) is 14.6. The van der Waals surface area contributed by atoms with E-state index in [1.54, 1.807) is 41.9 Å². The van der Waals surface area contributed by atoms with Gasteiger partial charge in [-0.1, -0.05) is 45.0 Å². The first-order valence-corrected chi connectivity index (χ1v) is 18.1. The number of likely N-dealkylation sites (tertiary alicyclic amines) is 1. The zero-order valence-electron chi connectivity index (χ0n) is 30.3. The van der Waals surface area contributed by atoms with Crippen LogP contribution in [0.5, 0.6) is 0 Å². The van der Waals surface area contributed by atoms with Gasteiger partial charge in [-0.15, -0.1) is 11.3 Å². The van der Waals surface area contributed by atoms with E-state index in [0.29, 0.717) is 32.6 Å². The number of aliphatic hydroxyl groups is 1. The van der Waals surface area contributed by atoms with E-state index in [1.165, 1.54) is 4.90 Å². The molecule has 0 spiro atoms. The van der Waals surface area contributed by atoms with Crippen molar-refractivity contribution in [2.75, 3.05) is 32.7 Å². The fourth-order valence-electron chi connectivity index (χ4n) is 6.04. The molecule has 0 radical (unpaired) electrons. The first-order chi connectivity index (χ1) is 23.4. The van der Waals surface area contributed by atoms with Crippen LogP contribution in [0.2, 0.25) is 0 Å². The number of aliphatic hydroxyl groups excluding tert-OH is 1. The summed E-state index contributed by atoms with van der Waals surface area (Å²) in [7, 11) is 0. The molecule has 2 aliphatic rings. The molecule has 2 aromatic rings. The molecule has 3 N–H and O–H groups in total. The quantitative estimate of drug-likeness (QED) is 0.338. The molecule has 2 saturated heterocycles. The molecule has 4 rings (SSSR count). The lowest BCUT2D eigenvalue weighted by Gasteiger charge is -2.36. The summed E-state index contributed by atoms with van der Waals surface area (Å²) in [5.41, 5.74) is 3.42. The van der Waals surface area contributed by atoms with Crippen LogP contribution in [0.4, 0.5) is 4.79 Å². The second-order valence-electron chi connectivity index (χ2n) is 15.1. The summed E-state index contributed by atoms with van der Waals surface area (Å²) < 4.78 is 5.41. The van der Waals surface area contributed by atoms with Crippen molar-refractivity contribution >= 4 is 41.1 Å². The summed E-state index contributed by atoms with van der Waals surface area (Å²) in [6.07, 6.45) is -0.686. The second-order valence-corrected chi connectivity index (χ2v) is 16.0. The molecule has 13 nitrogen and oxygen atoms in total. The lowest BCUT2D eigenvalue weighted by Crippen LogP contribution is -2.57. The first kappa shape index (κ1) is 38.8. The van der Waals surface area contributed by atoms with Gasteiger partial charge in [0.1, 0.15) is 17.7 Å². The fraction of sp³-hybridized carbons (Fsp3) is 0.611. The maximum absolute atomic E-state index is 13.9. The molecule has 50 heavy (non-hydrogen) atoms. The van der Waals surface area contributed by atoms with Crippen molar-refractivity contribution in [1.29, 1.82) is 0 Å². The minimum atomic E-state index is -0.949. The summed E-state index contributed by atoms with van der Waals surface area (Å²) in [6, 6.07) is 6.01. The Balaban J connectivity index is 1.27. The highest BCUT2D eigenvalue weighted by atomic mass is 32.1. The molecule has 2 aliphatic heterocycles. The van der Waals surface area contributed by atoms with E-state index in [-0.39, 0.29) is 50.1 Å². The molecular formula is C36H52N6O7S. The summed E-state index contributed by atoms with van der Waals surface area (Å²) in [5.74, 6) is -1.29. The molecule has 0 aliphatic carbocycles. The van der Waals surface area contributed by atoms with Gasteiger partial charge in [0.25, 0.3) is 0 Å². The van der Waals surface area contributed by atoms with E-state index in [0.717, 1.165) is 21.7 Å². The van der Waals surface area contributed by atoms with Crippen molar-refractivity contribution in [3.63, 3.8) is 0 Å². The van der Waals surface area contributed by atoms with Gasteiger partial charge in [0, 0.05) is 58.5 Å². The van der Waals surface area contributed by atoms with Crippen LogP contribution in [0.25, 0.3) is 10.4 Å². The predicted molar refractivity (Wildman–Crippen MR) is 190 cm³/mol. The molecule has 1 aromatic heterocycles. The number of rotatable bonds is 10. The lowest BCUT2D eigenvalue weighted by molar-refractivity contribution is -0.144. The van der Waals surface area contributed by atoms with E-state index in [9.17, 15) is 29.1 Å². The minimum Gasteiger partial charge on any atom is -0.444 e. The topological polar surface area (TPSA) is 161 Å². The zero-order valence-corrected chi connectivity index (χ0v) is 31.1. The molecule has 0 bridgehead atoms. The maximum atomic E-state index is 13.9. The van der Waals surface area contributed by atoms with Crippen molar-refractivity contribution in [2.45, 2.75) is 104 Å². The molecule has 14 heteroatoms. The van der Waals surface area contributed by atoms with Gasteiger partial charge in [0.15, 0.2) is 0 Å². The number of hydrogen-bond acceptors (Lipinski definition) is 9. The van der Waals surface area contributed by atoms with Gasteiger partial charge in [0.2, 0.25) is 23.6 Å². The number of nitrogens with zero attached hydrogens (tertiary/aromatic N) is 4. The fourth-order valence-corrected chi connectivity index (χ4v) is 6.85. The number of carbonyl (C=O) groups is 5. The van der Waals surface area contributed by atoms with E-state index in [4.69, 9.17) is 4.74 Å². The van der Waals surface area contributed by atoms with Crippen LogP contribution in [0, 0.1) is 12.3 Å². The SMILES string of the molecule is Cc1ncsc1-c1ccc(CNC(=O)[C@@H]2C[C@@H](O)CN2C(=O)[C@@H](NC(=O)CCCC(=O)N2CCN(C(=O)OC(C)(C)C)CC2)C(C)(C)C)cc1. The van der Waals surface area contributed by atoms with E-state index >= 15 is 0 Å². The third-order valence-electron chi connectivity index (χ3n) is 8.79. The number of piperazine rings is 1. The van der Waals surface area contributed by atoms with Gasteiger partial charge in [-0.05, 0) is 50.7 Å². The summed E-state index contributed by atoms with van der Waals surface area (Å²) in [4.78, 5) is 75.5. The summed E-state index contributed by atoms with van der Waals surface area (Å²) >= 11 is 1.57. The monoisotopic (exact) mass is 712 g/mol. The Morgan fingerprint density at radius 2 is 1.62 bits per heavy atom. The Morgan fingerprint density at radius 3 is 2.20 bits per heavy atom. The van der Waals surface area contributed by atoms with Crippen molar-refractivity contribution in [1.82, 2.24) is 30.3 Å². The van der Waals surface area contributed by atoms with Gasteiger partial charge in [-0.3, -0.25) is 19.2 Å². The number of aromatic nitrogens is 1. The van der Waals surface area contributed by atoms with Crippen LogP contribution < -0.4 is 10.6 Å². The maximum Gasteiger partial charge on any atom is 0.410 e. The number of hydrogen-bond donors (Lipinski definition) is 3. The van der Waals surface area contributed by atoms with E-state index < -0.39 is 41.2 Å². The highest BCUT2D eigenvalue weighted by Gasteiger charge is 2.44. The molecule has 3 heterocycles. The number of thiazole rings is 1. The van der Waals surface area contributed by atoms with Gasteiger partial charge in [0.05, 0.1) is 22.2 Å². The number of amides is 5. The minimum absolute atomic E-state index is 0.0159. The van der Waals surface area contributed by atoms with Crippen LogP contribution in [-0.2, 0) is 30.5 Å². The van der Waals surface area contributed by atoms with Gasteiger partial charge in [-0.25, -0.2) is 9.78 Å². The molecule has 0 saturated carbocycles. The number of aryl methyl sites for hydroxylation is 1. The highest BCUT2D eigenvalue weighted by molar-refractivity contribution is 7.13. The van der Waals surface area contributed by atoms with E-state index in [1.807, 2.05) is 57.5 Å². The summed E-state index contributed by atoms with van der Waals surface area (Å²) in [5, 5.41) is 16.3. The zero-order chi connectivity index (χ0) is 36.8. The molecule has 2 fully saturated rings. The Hall–Kier alpha value is -4.04. The smallest absolute Gasteiger partial charge is 0.410 e. The average Bonchev–Trinajstić information content (AvgIpc) is 3.66. The molecule has 274 valence electrons. The Labute approximate surface area is 298 Å². The molecular weight excluding hydrogens is 660 g/mol. The number of benzene rings is 1. The Bertz CT molecular complexity index is 1520. The number of carbonyl (C=O) groups excluding carboxylic acids is 5. The third-order valence-corrected chi connectivity index (χ3v) is 9.77. The molecule has 3 atom stereocenters. The highest BCUT2D eigenvalue weighted by Crippen LogP contribution is 2.28. The first-order valence-electron chi connectivity index (χ1n) is 17.2. The number of ether oxygens (including phenoxy) is 1. The average molecular weight is 713 g/mol. The van der Waals surface area contributed by atoms with Crippen molar-refractivity contribution < 1.29 is 33.8 Å². The lowest BCUT2D eigenvalue weighted by atomic mass is 9.85. The van der Waals surface area contributed by atoms with Crippen LogP contribution in [0.3, 0.4) is 0 Å². The molecule has 5 amide bonds. The third kappa shape index (κ3) is 10.5. The molecule has 0 unspecified atom stereocenters. The normalized spacial score (nSPS) is 18.8. The van der Waals surface area contributed by atoms with E-state index in [2.05, 4.69) is 15.6 Å². The van der Waals surface area contributed by atoms with Gasteiger partial charge < -0.3 is 35.2 Å². The Morgan fingerprint density at radius 1 is 0.980 bits per heavy atom. The largest absolute Gasteiger partial charge is 0.444 e. The van der Waals surface area contributed by atoms with Crippen LogP contribution >= 0.6 is 11.3 Å². The van der Waals surface area contributed by atoms with Gasteiger partial charge in [-0.2, -0.15) is 0 Å². The number of β-amino-alcohol motifs (C(OH)–C–C–N with tert-alkyl or cyclic N) is 1. The van der Waals surface area contributed by atoms with Crippen molar-refractivity contribution in [3.05, 3.63) is 41.0 Å². The Kier molecular flexibility index (Phi) is 12.7.